The Morgan fingerprint density at radius 1 is 1.44 bits per heavy atom. The van der Waals surface area contributed by atoms with Gasteiger partial charge in [-0.05, 0) is 44.0 Å². The second-order valence-corrected chi connectivity index (χ2v) is 5.61. The zero-order chi connectivity index (χ0) is 12.2. The summed E-state index contributed by atoms with van der Waals surface area (Å²) in [5, 5.41) is 4.90. The lowest BCUT2D eigenvalue weighted by Gasteiger charge is -2.25. The van der Waals surface area contributed by atoms with Crippen molar-refractivity contribution in [1.82, 2.24) is 5.32 Å². The van der Waals surface area contributed by atoms with Crippen LogP contribution in [0.2, 0.25) is 5.02 Å². The minimum atomic E-state index is -0.250. The minimum Gasteiger partial charge on any atom is -0.308 e. The van der Waals surface area contributed by atoms with Gasteiger partial charge in [0.1, 0.15) is 5.82 Å². The molecule has 0 fully saturated rings. The zero-order valence-electron chi connectivity index (χ0n) is 9.49. The predicted molar refractivity (Wildman–Crippen MR) is 70.7 cm³/mol. The van der Waals surface area contributed by atoms with E-state index in [2.05, 4.69) is 35.1 Å². The fourth-order valence-electron chi connectivity index (χ4n) is 1.34. The Bertz CT molecular complexity index is 355. The van der Waals surface area contributed by atoms with Crippen LogP contribution in [0.5, 0.6) is 0 Å². The summed E-state index contributed by atoms with van der Waals surface area (Å²) in [6, 6.07) is 4.43. The van der Waals surface area contributed by atoms with Crippen LogP contribution >= 0.6 is 27.5 Å². The first-order valence-corrected chi connectivity index (χ1v) is 6.69. The van der Waals surface area contributed by atoms with Crippen molar-refractivity contribution in [3.8, 4) is 0 Å². The maximum atomic E-state index is 13.0. The van der Waals surface area contributed by atoms with Crippen LogP contribution in [-0.2, 0) is 6.54 Å². The Balaban J connectivity index is 2.63. The van der Waals surface area contributed by atoms with Gasteiger partial charge in [-0.3, -0.25) is 0 Å². The van der Waals surface area contributed by atoms with Crippen molar-refractivity contribution in [1.29, 1.82) is 0 Å². The van der Waals surface area contributed by atoms with Gasteiger partial charge in [0.2, 0.25) is 0 Å². The van der Waals surface area contributed by atoms with Crippen LogP contribution in [0.15, 0.2) is 18.2 Å². The molecule has 1 aromatic rings. The van der Waals surface area contributed by atoms with E-state index in [9.17, 15) is 4.39 Å². The van der Waals surface area contributed by atoms with Gasteiger partial charge in [0.05, 0.1) is 0 Å². The van der Waals surface area contributed by atoms with Gasteiger partial charge in [0.25, 0.3) is 0 Å². The van der Waals surface area contributed by atoms with Crippen molar-refractivity contribution in [3.63, 3.8) is 0 Å². The molecule has 1 N–H and O–H groups in total. The molecule has 0 heterocycles. The zero-order valence-corrected chi connectivity index (χ0v) is 11.8. The van der Waals surface area contributed by atoms with E-state index in [1.165, 1.54) is 12.1 Å². The molecular weight excluding hydrogens is 292 g/mol. The fourth-order valence-corrected chi connectivity index (χ4v) is 2.51. The average molecular weight is 309 g/mol. The molecule has 0 aromatic heterocycles. The second kappa shape index (κ2) is 5.99. The van der Waals surface area contributed by atoms with Gasteiger partial charge >= 0.3 is 0 Å². The monoisotopic (exact) mass is 307 g/mol. The van der Waals surface area contributed by atoms with Crippen LogP contribution in [0.4, 0.5) is 4.39 Å². The first kappa shape index (κ1) is 13.9. The molecule has 1 nitrogen and oxygen atoms in total. The molecule has 90 valence electrons. The van der Waals surface area contributed by atoms with Crippen LogP contribution in [0.25, 0.3) is 0 Å². The average Bonchev–Trinajstić information content (AvgIpc) is 2.19. The van der Waals surface area contributed by atoms with Gasteiger partial charge in [-0.1, -0.05) is 27.5 Å². The molecule has 0 aliphatic heterocycles. The highest BCUT2D eigenvalue weighted by Gasteiger charge is 2.16. The Morgan fingerprint density at radius 2 is 2.12 bits per heavy atom. The maximum Gasteiger partial charge on any atom is 0.123 e. The molecule has 1 rings (SSSR count). The lowest BCUT2D eigenvalue weighted by molar-refractivity contribution is 0.377. The van der Waals surface area contributed by atoms with Crippen molar-refractivity contribution in [2.45, 2.75) is 32.4 Å². The van der Waals surface area contributed by atoms with Gasteiger partial charge < -0.3 is 5.32 Å². The molecule has 0 bridgehead atoms. The SMILES string of the molecule is CC(C)(CCBr)NCc1cc(F)ccc1Cl. The maximum absolute atomic E-state index is 13.0. The molecule has 0 atom stereocenters. The van der Waals surface area contributed by atoms with Gasteiger partial charge in [0, 0.05) is 22.4 Å². The largest absolute Gasteiger partial charge is 0.308 e. The third kappa shape index (κ3) is 4.40. The van der Waals surface area contributed by atoms with E-state index < -0.39 is 0 Å². The minimum absolute atomic E-state index is 0.0130. The quantitative estimate of drug-likeness (QED) is 0.806. The Labute approximate surface area is 110 Å². The lowest BCUT2D eigenvalue weighted by Crippen LogP contribution is -2.39. The molecule has 0 amide bonds. The summed E-state index contributed by atoms with van der Waals surface area (Å²) in [6.45, 7) is 4.81. The van der Waals surface area contributed by atoms with Crippen LogP contribution in [0, 0.1) is 5.82 Å². The smallest absolute Gasteiger partial charge is 0.123 e. The molecule has 0 saturated carbocycles. The van der Waals surface area contributed by atoms with Crippen molar-refractivity contribution in [2.24, 2.45) is 0 Å². The number of hydrogen-bond donors (Lipinski definition) is 1. The summed E-state index contributed by atoms with van der Waals surface area (Å²) in [5.41, 5.74) is 0.809. The number of hydrogen-bond acceptors (Lipinski definition) is 1. The Hall–Kier alpha value is -0.120. The number of benzene rings is 1. The highest BCUT2D eigenvalue weighted by Crippen LogP contribution is 2.18. The van der Waals surface area contributed by atoms with E-state index >= 15 is 0 Å². The fraction of sp³-hybridized carbons (Fsp3) is 0.500. The van der Waals surface area contributed by atoms with Gasteiger partial charge in [0.15, 0.2) is 0 Å². The number of rotatable bonds is 5. The standard InChI is InChI=1S/C12H16BrClFN/c1-12(2,5-6-13)16-8-9-7-10(15)3-4-11(9)14/h3-4,7,16H,5-6,8H2,1-2H3. The summed E-state index contributed by atoms with van der Waals surface area (Å²) < 4.78 is 13.0. The molecule has 0 saturated heterocycles. The number of alkyl halides is 1. The summed E-state index contributed by atoms with van der Waals surface area (Å²) in [7, 11) is 0. The summed E-state index contributed by atoms with van der Waals surface area (Å²) in [6.07, 6.45) is 1.000. The summed E-state index contributed by atoms with van der Waals surface area (Å²) in [4.78, 5) is 0. The van der Waals surface area contributed by atoms with Crippen molar-refractivity contribution in [3.05, 3.63) is 34.6 Å². The number of nitrogens with one attached hydrogen (secondary N) is 1. The van der Waals surface area contributed by atoms with E-state index in [4.69, 9.17) is 11.6 Å². The van der Waals surface area contributed by atoms with Crippen molar-refractivity contribution < 1.29 is 4.39 Å². The first-order chi connectivity index (χ1) is 7.44. The van der Waals surface area contributed by atoms with Crippen LogP contribution in [0.3, 0.4) is 0 Å². The second-order valence-electron chi connectivity index (χ2n) is 4.41. The molecule has 0 aliphatic carbocycles. The Kier molecular flexibility index (Phi) is 5.22. The Morgan fingerprint density at radius 3 is 2.75 bits per heavy atom. The van der Waals surface area contributed by atoms with E-state index in [1.54, 1.807) is 6.07 Å². The third-order valence-corrected chi connectivity index (χ3v) is 3.25. The molecule has 0 radical (unpaired) electrons. The van der Waals surface area contributed by atoms with Gasteiger partial charge in [-0.2, -0.15) is 0 Å². The number of halogens is 3. The van der Waals surface area contributed by atoms with Crippen LogP contribution in [-0.4, -0.2) is 10.9 Å². The van der Waals surface area contributed by atoms with E-state index in [-0.39, 0.29) is 11.4 Å². The highest BCUT2D eigenvalue weighted by atomic mass is 79.9. The first-order valence-electron chi connectivity index (χ1n) is 5.19. The molecule has 0 aliphatic rings. The van der Waals surface area contributed by atoms with Crippen LogP contribution in [0.1, 0.15) is 25.8 Å². The lowest BCUT2D eigenvalue weighted by atomic mass is 10.0. The normalized spacial score (nSPS) is 11.8. The van der Waals surface area contributed by atoms with E-state index in [0.29, 0.717) is 11.6 Å². The third-order valence-electron chi connectivity index (χ3n) is 2.48. The topological polar surface area (TPSA) is 12.0 Å². The van der Waals surface area contributed by atoms with E-state index in [0.717, 1.165) is 17.3 Å². The molecule has 4 heteroatoms. The van der Waals surface area contributed by atoms with E-state index in [1.807, 2.05) is 0 Å². The molecule has 0 unspecified atom stereocenters. The summed E-state index contributed by atoms with van der Waals surface area (Å²) >= 11 is 9.40. The molecular formula is C12H16BrClFN. The van der Waals surface area contributed by atoms with Gasteiger partial charge in [-0.25, -0.2) is 4.39 Å². The summed E-state index contributed by atoms with van der Waals surface area (Å²) in [5.74, 6) is -0.250. The molecule has 16 heavy (non-hydrogen) atoms. The van der Waals surface area contributed by atoms with Crippen molar-refractivity contribution in [2.75, 3.05) is 5.33 Å². The van der Waals surface area contributed by atoms with Crippen LogP contribution < -0.4 is 5.32 Å². The predicted octanol–water partition coefficient (Wildman–Crippen LogP) is 4.13. The van der Waals surface area contributed by atoms with Crippen molar-refractivity contribution >= 4 is 27.5 Å². The highest BCUT2D eigenvalue weighted by molar-refractivity contribution is 9.09. The van der Waals surface area contributed by atoms with Gasteiger partial charge in [-0.15, -0.1) is 0 Å². The molecule has 1 aromatic carbocycles. The molecule has 0 spiro atoms.